The van der Waals surface area contributed by atoms with Crippen molar-refractivity contribution in [2.24, 2.45) is 11.8 Å². The summed E-state index contributed by atoms with van der Waals surface area (Å²) in [5.41, 5.74) is 0.678. The maximum Gasteiger partial charge on any atom is 0.269 e. The van der Waals surface area contributed by atoms with E-state index in [2.05, 4.69) is 20.5 Å². The number of ether oxygens (including phenoxy) is 1. The number of amides is 2. The molecule has 5 heterocycles. The molecule has 1 spiro atoms. The van der Waals surface area contributed by atoms with E-state index in [-0.39, 0.29) is 35.4 Å². The molecule has 2 aromatic heterocycles. The first kappa shape index (κ1) is 17.2. The van der Waals surface area contributed by atoms with Gasteiger partial charge in [-0.25, -0.2) is 0 Å². The lowest BCUT2D eigenvalue weighted by Crippen LogP contribution is -2.42. The van der Waals surface area contributed by atoms with Gasteiger partial charge in [-0.05, 0) is 31.0 Å². The Morgan fingerprint density at radius 3 is 2.96 bits per heavy atom. The molecule has 3 fully saturated rings. The molecule has 0 radical (unpaired) electrons. The standard InChI is InChI=1S/C20H21N5O3/c26-18(16-3-1-2-7-21-16)22-10-14-15-11-25(12-20(15)6-4-17(14)28-20)19(27)13-5-8-23-24-9-13/h1-3,5,7-9,14-15,17H,4,6,10-12H2,(H,22,26)/t14-,15+,17+,20+/m0/s1. The molecule has 2 amide bonds. The van der Waals surface area contributed by atoms with E-state index in [9.17, 15) is 9.59 Å². The highest BCUT2D eigenvalue weighted by atomic mass is 16.5. The lowest BCUT2D eigenvalue weighted by atomic mass is 9.73. The smallest absolute Gasteiger partial charge is 0.269 e. The molecule has 2 bridgehead atoms. The molecule has 144 valence electrons. The van der Waals surface area contributed by atoms with Gasteiger partial charge in [-0.2, -0.15) is 10.2 Å². The van der Waals surface area contributed by atoms with Crippen LogP contribution in [0.2, 0.25) is 0 Å². The highest BCUT2D eigenvalue weighted by Gasteiger charge is 2.63. The second-order valence-electron chi connectivity index (χ2n) is 7.77. The minimum absolute atomic E-state index is 0.0398. The maximum atomic E-state index is 12.8. The zero-order valence-corrected chi connectivity index (χ0v) is 15.3. The minimum Gasteiger partial charge on any atom is -0.369 e. The summed E-state index contributed by atoms with van der Waals surface area (Å²) in [6, 6.07) is 6.97. The molecule has 8 heteroatoms. The Morgan fingerprint density at radius 2 is 2.18 bits per heavy atom. The van der Waals surface area contributed by atoms with Crippen molar-refractivity contribution in [3.8, 4) is 0 Å². The van der Waals surface area contributed by atoms with Crippen molar-refractivity contribution in [2.45, 2.75) is 24.5 Å². The molecule has 4 atom stereocenters. The number of nitrogens with zero attached hydrogens (tertiary/aromatic N) is 4. The van der Waals surface area contributed by atoms with Crippen LogP contribution in [0.1, 0.15) is 33.7 Å². The van der Waals surface area contributed by atoms with Crippen molar-refractivity contribution in [3.63, 3.8) is 0 Å². The predicted molar refractivity (Wildman–Crippen MR) is 98.3 cm³/mol. The van der Waals surface area contributed by atoms with E-state index < -0.39 is 0 Å². The SMILES string of the molecule is O=C(NC[C@H]1[C@H]2CN(C(=O)c3ccnnc3)C[C@]23CC[C@H]1O3)c1ccccn1. The van der Waals surface area contributed by atoms with Crippen LogP contribution < -0.4 is 5.32 Å². The summed E-state index contributed by atoms with van der Waals surface area (Å²) < 4.78 is 6.36. The van der Waals surface area contributed by atoms with Crippen LogP contribution in [-0.4, -0.2) is 63.2 Å². The van der Waals surface area contributed by atoms with Crippen LogP contribution in [-0.2, 0) is 4.74 Å². The number of fused-ring (bicyclic) bond motifs is 1. The number of rotatable bonds is 4. The second-order valence-corrected chi connectivity index (χ2v) is 7.77. The van der Waals surface area contributed by atoms with Crippen molar-refractivity contribution < 1.29 is 14.3 Å². The summed E-state index contributed by atoms with van der Waals surface area (Å²) in [5, 5.41) is 10.5. The Bertz CT molecular complexity index is 893. The van der Waals surface area contributed by atoms with Crippen LogP contribution in [0.3, 0.4) is 0 Å². The van der Waals surface area contributed by atoms with Crippen LogP contribution in [0.15, 0.2) is 42.9 Å². The summed E-state index contributed by atoms with van der Waals surface area (Å²) in [4.78, 5) is 31.2. The summed E-state index contributed by atoms with van der Waals surface area (Å²) in [5.74, 6) is 0.219. The third kappa shape index (κ3) is 2.75. The van der Waals surface area contributed by atoms with Gasteiger partial charge in [0.05, 0.1) is 36.2 Å². The van der Waals surface area contributed by atoms with Crippen molar-refractivity contribution >= 4 is 11.8 Å². The molecule has 2 aromatic rings. The van der Waals surface area contributed by atoms with E-state index in [4.69, 9.17) is 4.74 Å². The summed E-state index contributed by atoms with van der Waals surface area (Å²) >= 11 is 0. The molecule has 5 rings (SSSR count). The maximum absolute atomic E-state index is 12.8. The van der Waals surface area contributed by atoms with Crippen LogP contribution in [0.25, 0.3) is 0 Å². The molecule has 3 aliphatic heterocycles. The van der Waals surface area contributed by atoms with Crippen LogP contribution >= 0.6 is 0 Å². The van der Waals surface area contributed by atoms with Crippen LogP contribution in [0, 0.1) is 11.8 Å². The zero-order chi connectivity index (χ0) is 19.1. The number of aromatic nitrogens is 3. The van der Waals surface area contributed by atoms with Gasteiger partial charge >= 0.3 is 0 Å². The number of likely N-dealkylation sites (tertiary alicyclic amines) is 1. The van der Waals surface area contributed by atoms with Crippen molar-refractivity contribution in [2.75, 3.05) is 19.6 Å². The van der Waals surface area contributed by atoms with Gasteiger partial charge in [0.1, 0.15) is 5.69 Å². The van der Waals surface area contributed by atoms with Gasteiger partial charge in [-0.3, -0.25) is 14.6 Å². The number of hydrogen-bond acceptors (Lipinski definition) is 6. The van der Waals surface area contributed by atoms with Gasteiger partial charge in [0, 0.05) is 31.1 Å². The number of pyridine rings is 1. The normalized spacial score (nSPS) is 30.3. The molecular weight excluding hydrogens is 358 g/mol. The van der Waals surface area contributed by atoms with Gasteiger partial charge in [0.15, 0.2) is 0 Å². The molecule has 28 heavy (non-hydrogen) atoms. The number of carbonyl (C=O) groups is 2. The molecule has 0 unspecified atom stereocenters. The van der Waals surface area contributed by atoms with E-state index in [1.165, 1.54) is 12.4 Å². The Balaban J connectivity index is 1.28. The first-order valence-corrected chi connectivity index (χ1v) is 9.59. The van der Waals surface area contributed by atoms with E-state index in [1.54, 1.807) is 30.5 Å². The fourth-order valence-electron chi connectivity index (χ4n) is 5.02. The summed E-state index contributed by atoms with van der Waals surface area (Å²) in [6.45, 7) is 1.77. The van der Waals surface area contributed by atoms with E-state index in [1.807, 2.05) is 4.90 Å². The van der Waals surface area contributed by atoms with E-state index in [0.717, 1.165) is 12.8 Å². The predicted octanol–water partition coefficient (Wildman–Crippen LogP) is 0.921. The Hall–Kier alpha value is -2.87. The zero-order valence-electron chi connectivity index (χ0n) is 15.3. The Kier molecular flexibility index (Phi) is 4.08. The first-order chi connectivity index (χ1) is 13.7. The van der Waals surface area contributed by atoms with Crippen LogP contribution in [0.4, 0.5) is 0 Å². The number of hydrogen-bond donors (Lipinski definition) is 1. The molecule has 3 aliphatic rings. The van der Waals surface area contributed by atoms with Crippen molar-refractivity contribution in [1.82, 2.24) is 25.4 Å². The second kappa shape index (κ2) is 6.63. The third-order valence-corrected chi connectivity index (χ3v) is 6.30. The lowest BCUT2D eigenvalue weighted by Gasteiger charge is -2.29. The molecule has 0 saturated carbocycles. The highest BCUT2D eigenvalue weighted by molar-refractivity contribution is 5.94. The number of nitrogens with one attached hydrogen (secondary N) is 1. The molecular formula is C20H21N5O3. The van der Waals surface area contributed by atoms with Gasteiger partial charge in [-0.1, -0.05) is 6.07 Å². The molecule has 0 aromatic carbocycles. The average Bonchev–Trinajstić information content (AvgIpc) is 3.41. The van der Waals surface area contributed by atoms with Crippen molar-refractivity contribution in [3.05, 3.63) is 54.1 Å². The largest absolute Gasteiger partial charge is 0.369 e. The average molecular weight is 379 g/mol. The number of carbonyl (C=O) groups excluding carboxylic acids is 2. The lowest BCUT2D eigenvalue weighted by molar-refractivity contribution is 0.00316. The summed E-state index contributed by atoms with van der Waals surface area (Å²) in [6.07, 6.45) is 6.72. The Morgan fingerprint density at radius 1 is 1.25 bits per heavy atom. The van der Waals surface area contributed by atoms with E-state index in [0.29, 0.717) is 30.9 Å². The Labute approximate surface area is 162 Å². The van der Waals surface area contributed by atoms with Crippen LogP contribution in [0.5, 0.6) is 0 Å². The van der Waals surface area contributed by atoms with Gasteiger partial charge in [0.2, 0.25) is 0 Å². The summed E-state index contributed by atoms with van der Waals surface area (Å²) in [7, 11) is 0. The minimum atomic E-state index is -0.277. The quantitative estimate of drug-likeness (QED) is 0.849. The molecule has 1 N–H and O–H groups in total. The van der Waals surface area contributed by atoms with Gasteiger partial charge < -0.3 is 15.0 Å². The highest BCUT2D eigenvalue weighted by Crippen LogP contribution is 2.54. The van der Waals surface area contributed by atoms with Gasteiger partial charge in [-0.15, -0.1) is 0 Å². The van der Waals surface area contributed by atoms with Crippen molar-refractivity contribution in [1.29, 1.82) is 0 Å². The van der Waals surface area contributed by atoms with E-state index >= 15 is 0 Å². The molecule has 0 aliphatic carbocycles. The monoisotopic (exact) mass is 379 g/mol. The third-order valence-electron chi connectivity index (χ3n) is 6.30. The van der Waals surface area contributed by atoms with Gasteiger partial charge in [0.25, 0.3) is 11.8 Å². The topological polar surface area (TPSA) is 97.3 Å². The fourth-order valence-corrected chi connectivity index (χ4v) is 5.02. The first-order valence-electron chi connectivity index (χ1n) is 9.59. The molecule has 3 saturated heterocycles. The fraction of sp³-hybridized carbons (Fsp3) is 0.450. The molecule has 8 nitrogen and oxygen atoms in total.